The lowest BCUT2D eigenvalue weighted by Crippen LogP contribution is -2.36. The van der Waals surface area contributed by atoms with Crippen LogP contribution in [0.3, 0.4) is 0 Å². The SMILES string of the molecule is COC(=O)C1=C(C)NC2=C(C(=O)CC(c3cccs3)C2)C1c1cccc(OC)c1OC. The summed E-state index contributed by atoms with van der Waals surface area (Å²) >= 11 is 1.66. The van der Waals surface area contributed by atoms with Crippen LogP contribution >= 0.6 is 11.3 Å². The Labute approximate surface area is 185 Å². The predicted molar refractivity (Wildman–Crippen MR) is 118 cm³/mol. The van der Waals surface area contributed by atoms with Crippen molar-refractivity contribution in [2.24, 2.45) is 0 Å². The van der Waals surface area contributed by atoms with Crippen LogP contribution in [0.15, 0.2) is 58.3 Å². The molecule has 4 rings (SSSR count). The fourth-order valence-corrected chi connectivity index (χ4v) is 5.43. The van der Waals surface area contributed by atoms with E-state index in [2.05, 4.69) is 11.4 Å². The quantitative estimate of drug-likeness (QED) is 0.701. The molecule has 6 nitrogen and oxygen atoms in total. The minimum absolute atomic E-state index is 0.0240. The van der Waals surface area contributed by atoms with Gasteiger partial charge in [-0.15, -0.1) is 11.3 Å². The lowest BCUT2D eigenvalue weighted by Gasteiger charge is -2.36. The highest BCUT2D eigenvalue weighted by molar-refractivity contribution is 7.10. The van der Waals surface area contributed by atoms with Crippen molar-refractivity contribution >= 4 is 23.1 Å². The molecular formula is C24H25NO5S. The first-order valence-electron chi connectivity index (χ1n) is 10.1. The second-order valence-corrected chi connectivity index (χ2v) is 8.59. The van der Waals surface area contributed by atoms with Crippen LogP contribution in [0.25, 0.3) is 0 Å². The maximum absolute atomic E-state index is 13.5. The molecular weight excluding hydrogens is 414 g/mol. The average Bonchev–Trinajstić information content (AvgIpc) is 3.31. The molecule has 0 amide bonds. The predicted octanol–water partition coefficient (Wildman–Crippen LogP) is 4.30. The van der Waals surface area contributed by atoms with Gasteiger partial charge >= 0.3 is 5.97 Å². The van der Waals surface area contributed by atoms with E-state index in [1.54, 1.807) is 31.6 Å². The van der Waals surface area contributed by atoms with E-state index >= 15 is 0 Å². The molecule has 1 aliphatic heterocycles. The van der Waals surface area contributed by atoms with E-state index in [4.69, 9.17) is 14.2 Å². The third-order valence-corrected chi connectivity index (χ3v) is 6.96. The second-order valence-electron chi connectivity index (χ2n) is 7.61. The Kier molecular flexibility index (Phi) is 5.87. The molecule has 0 radical (unpaired) electrons. The largest absolute Gasteiger partial charge is 0.493 e. The van der Waals surface area contributed by atoms with Crippen molar-refractivity contribution in [3.63, 3.8) is 0 Å². The van der Waals surface area contributed by atoms with E-state index in [1.165, 1.54) is 12.0 Å². The molecule has 1 aromatic carbocycles. The van der Waals surface area contributed by atoms with E-state index in [1.807, 2.05) is 30.5 Å². The molecule has 2 atom stereocenters. The van der Waals surface area contributed by atoms with Crippen LogP contribution in [0.5, 0.6) is 11.5 Å². The van der Waals surface area contributed by atoms with E-state index in [9.17, 15) is 9.59 Å². The number of para-hydroxylation sites is 1. The van der Waals surface area contributed by atoms with Gasteiger partial charge in [-0.25, -0.2) is 4.79 Å². The summed E-state index contributed by atoms with van der Waals surface area (Å²) in [7, 11) is 4.47. The van der Waals surface area contributed by atoms with Crippen molar-refractivity contribution in [2.75, 3.05) is 21.3 Å². The average molecular weight is 440 g/mol. The smallest absolute Gasteiger partial charge is 0.336 e. The first-order chi connectivity index (χ1) is 15.0. The van der Waals surface area contributed by atoms with Gasteiger partial charge in [-0.2, -0.15) is 0 Å². The number of methoxy groups -OCH3 is 3. The molecule has 0 fully saturated rings. The highest BCUT2D eigenvalue weighted by Gasteiger charge is 2.42. The summed E-state index contributed by atoms with van der Waals surface area (Å²) in [6.45, 7) is 1.84. The first-order valence-corrected chi connectivity index (χ1v) is 10.9. The van der Waals surface area contributed by atoms with Gasteiger partial charge in [-0.1, -0.05) is 18.2 Å². The van der Waals surface area contributed by atoms with Crippen LogP contribution in [0.1, 0.15) is 42.0 Å². The number of benzene rings is 1. The molecule has 1 aromatic heterocycles. The van der Waals surface area contributed by atoms with Crippen LogP contribution < -0.4 is 14.8 Å². The first kappa shape index (κ1) is 21.2. The maximum Gasteiger partial charge on any atom is 0.336 e. The number of ether oxygens (including phenoxy) is 3. The molecule has 2 heterocycles. The zero-order valence-electron chi connectivity index (χ0n) is 18.0. The van der Waals surface area contributed by atoms with Crippen LogP contribution in [0, 0.1) is 0 Å². The van der Waals surface area contributed by atoms with E-state index in [0.717, 1.165) is 5.70 Å². The van der Waals surface area contributed by atoms with Gasteiger partial charge in [0.15, 0.2) is 17.3 Å². The van der Waals surface area contributed by atoms with Crippen LogP contribution in [0.4, 0.5) is 0 Å². The topological polar surface area (TPSA) is 73.9 Å². The number of esters is 1. The zero-order valence-corrected chi connectivity index (χ0v) is 18.8. The Balaban J connectivity index is 1.89. The number of carbonyl (C=O) groups is 2. The molecule has 162 valence electrons. The highest BCUT2D eigenvalue weighted by atomic mass is 32.1. The van der Waals surface area contributed by atoms with E-state index in [0.29, 0.717) is 46.7 Å². The zero-order chi connectivity index (χ0) is 22.1. The number of dihydropyridines is 1. The van der Waals surface area contributed by atoms with Crippen molar-refractivity contribution in [1.82, 2.24) is 5.32 Å². The number of rotatable bonds is 5. The molecule has 0 saturated heterocycles. The maximum atomic E-state index is 13.5. The normalized spacial score (nSPS) is 20.8. The van der Waals surface area contributed by atoms with Gasteiger partial charge in [0.05, 0.1) is 32.8 Å². The van der Waals surface area contributed by atoms with Crippen molar-refractivity contribution in [3.05, 3.63) is 68.7 Å². The van der Waals surface area contributed by atoms with E-state index < -0.39 is 11.9 Å². The van der Waals surface area contributed by atoms with E-state index in [-0.39, 0.29) is 11.7 Å². The Morgan fingerprint density at radius 1 is 1.10 bits per heavy atom. The Hall–Kier alpha value is -3.06. The third-order valence-electron chi connectivity index (χ3n) is 5.92. The summed E-state index contributed by atoms with van der Waals surface area (Å²) in [4.78, 5) is 27.5. The molecule has 31 heavy (non-hydrogen) atoms. The molecule has 2 unspecified atom stereocenters. The fourth-order valence-electron chi connectivity index (χ4n) is 4.59. The van der Waals surface area contributed by atoms with Crippen LogP contribution in [-0.2, 0) is 14.3 Å². The van der Waals surface area contributed by atoms with Gasteiger partial charge < -0.3 is 19.5 Å². The number of thiophene rings is 1. The third kappa shape index (κ3) is 3.63. The number of hydrogen-bond donors (Lipinski definition) is 1. The molecule has 0 saturated carbocycles. The van der Waals surface area contributed by atoms with Gasteiger partial charge in [-0.3, -0.25) is 4.79 Å². The second kappa shape index (κ2) is 8.59. The summed E-state index contributed by atoms with van der Waals surface area (Å²) < 4.78 is 16.2. The number of hydrogen-bond acceptors (Lipinski definition) is 7. The highest BCUT2D eigenvalue weighted by Crippen LogP contribution is 2.49. The molecule has 1 N–H and O–H groups in total. The van der Waals surface area contributed by atoms with Crippen molar-refractivity contribution in [2.45, 2.75) is 31.6 Å². The van der Waals surface area contributed by atoms with Gasteiger partial charge in [-0.05, 0) is 30.9 Å². The lowest BCUT2D eigenvalue weighted by atomic mass is 9.72. The number of Topliss-reactive ketones (excluding diaryl/α,β-unsaturated/α-hetero) is 1. The van der Waals surface area contributed by atoms with Gasteiger partial charge in [0.2, 0.25) is 0 Å². The van der Waals surface area contributed by atoms with Crippen molar-refractivity contribution in [1.29, 1.82) is 0 Å². The Morgan fingerprint density at radius 2 is 1.90 bits per heavy atom. The van der Waals surface area contributed by atoms with Crippen LogP contribution in [0.2, 0.25) is 0 Å². The lowest BCUT2D eigenvalue weighted by molar-refractivity contribution is -0.136. The summed E-state index contributed by atoms with van der Waals surface area (Å²) in [5.74, 6) is 0.133. The van der Waals surface area contributed by atoms with Crippen LogP contribution in [-0.4, -0.2) is 33.1 Å². The Morgan fingerprint density at radius 3 is 2.55 bits per heavy atom. The standard InChI is InChI=1S/C24H25NO5S/c1-13-20(24(27)30-4)21(15-7-5-8-18(28-2)23(15)29-3)22-16(25-13)11-14(12-17(22)26)19-9-6-10-31-19/h5-10,14,21,25H,11-12H2,1-4H3. The summed E-state index contributed by atoms with van der Waals surface area (Å²) in [5, 5.41) is 5.37. The minimum atomic E-state index is -0.592. The van der Waals surface area contributed by atoms with Crippen molar-refractivity contribution in [3.8, 4) is 11.5 Å². The monoisotopic (exact) mass is 439 g/mol. The number of allylic oxidation sites excluding steroid dienone is 3. The fraction of sp³-hybridized carbons (Fsp3) is 0.333. The summed E-state index contributed by atoms with van der Waals surface area (Å²) in [6.07, 6.45) is 1.10. The van der Waals surface area contributed by atoms with Gasteiger partial charge in [0.25, 0.3) is 0 Å². The molecule has 2 aromatic rings. The summed E-state index contributed by atoms with van der Waals surface area (Å²) in [6, 6.07) is 9.58. The molecule has 2 aliphatic rings. The number of nitrogens with one attached hydrogen (secondary N) is 1. The summed E-state index contributed by atoms with van der Waals surface area (Å²) in [5.41, 5.74) is 3.26. The number of carbonyl (C=O) groups excluding carboxylic acids is 2. The molecule has 0 bridgehead atoms. The molecule has 1 aliphatic carbocycles. The molecule has 0 spiro atoms. The van der Waals surface area contributed by atoms with Gasteiger partial charge in [0.1, 0.15) is 0 Å². The Bertz CT molecular complexity index is 1080. The molecule has 7 heteroatoms. The van der Waals surface area contributed by atoms with Crippen molar-refractivity contribution < 1.29 is 23.8 Å². The minimum Gasteiger partial charge on any atom is -0.493 e. The number of ketones is 1. The van der Waals surface area contributed by atoms with Gasteiger partial charge in [0, 0.05) is 39.7 Å².